The molecule has 0 spiro atoms. The third-order valence-electron chi connectivity index (χ3n) is 4.89. The number of benzene rings is 1. The fourth-order valence-electron chi connectivity index (χ4n) is 3.21. The summed E-state index contributed by atoms with van der Waals surface area (Å²) in [5.41, 5.74) is -0.325. The Hall–Kier alpha value is -2.88. The first-order valence-electron chi connectivity index (χ1n) is 8.98. The van der Waals surface area contributed by atoms with E-state index in [1.54, 1.807) is 31.3 Å². The Bertz CT molecular complexity index is 717. The van der Waals surface area contributed by atoms with Crippen molar-refractivity contribution < 1.29 is 23.9 Å². The summed E-state index contributed by atoms with van der Waals surface area (Å²) in [6, 6.07) is 8.55. The zero-order valence-corrected chi connectivity index (χ0v) is 15.6. The number of hydrogen-bond acceptors (Lipinski definition) is 6. The second kappa shape index (κ2) is 9.17. The number of rotatable bonds is 7. The topological polar surface area (TPSA) is 96.7 Å². The molecule has 1 aromatic rings. The highest BCUT2D eigenvalue weighted by Gasteiger charge is 2.40. The average molecular weight is 372 g/mol. The Morgan fingerprint density at radius 1 is 1.26 bits per heavy atom. The third-order valence-corrected chi connectivity index (χ3v) is 4.89. The van der Waals surface area contributed by atoms with Crippen LogP contribution in [-0.4, -0.2) is 48.4 Å². The summed E-state index contributed by atoms with van der Waals surface area (Å²) in [5.74, 6) is -0.667. The lowest BCUT2D eigenvalue weighted by Gasteiger charge is -2.39. The van der Waals surface area contributed by atoms with Crippen LogP contribution in [0, 0.1) is 11.3 Å². The van der Waals surface area contributed by atoms with E-state index in [1.165, 1.54) is 11.8 Å². The molecule has 2 rings (SSSR count). The van der Waals surface area contributed by atoms with Crippen LogP contribution in [0.1, 0.15) is 49.4 Å². The summed E-state index contributed by atoms with van der Waals surface area (Å²) < 4.78 is 10.5. The van der Waals surface area contributed by atoms with Crippen LogP contribution in [-0.2, 0) is 14.3 Å². The van der Waals surface area contributed by atoms with E-state index >= 15 is 0 Å². The molecule has 7 nitrogen and oxygen atoms in total. The predicted octanol–water partition coefficient (Wildman–Crippen LogP) is 2.49. The molecule has 144 valence electrons. The highest BCUT2D eigenvalue weighted by atomic mass is 16.6. The molecule has 0 N–H and O–H groups in total. The van der Waals surface area contributed by atoms with E-state index in [9.17, 15) is 19.6 Å². The van der Waals surface area contributed by atoms with Crippen LogP contribution in [0.3, 0.4) is 0 Å². The van der Waals surface area contributed by atoms with Crippen LogP contribution in [0.15, 0.2) is 24.3 Å². The van der Waals surface area contributed by atoms with E-state index in [0.29, 0.717) is 30.4 Å². The van der Waals surface area contributed by atoms with E-state index in [2.05, 4.69) is 6.07 Å². The van der Waals surface area contributed by atoms with Crippen molar-refractivity contribution in [2.24, 2.45) is 0 Å². The number of nitrogens with zero attached hydrogens (tertiary/aromatic N) is 2. The smallest absolute Gasteiger partial charge is 0.344 e. The minimum atomic E-state index is -1.00. The Morgan fingerprint density at radius 2 is 1.89 bits per heavy atom. The van der Waals surface area contributed by atoms with Gasteiger partial charge in [-0.15, -0.1) is 0 Å². The van der Waals surface area contributed by atoms with Gasteiger partial charge in [-0.2, -0.15) is 5.26 Å². The van der Waals surface area contributed by atoms with Crippen LogP contribution >= 0.6 is 0 Å². The van der Waals surface area contributed by atoms with Gasteiger partial charge >= 0.3 is 5.97 Å². The second-order valence-electron chi connectivity index (χ2n) is 6.71. The van der Waals surface area contributed by atoms with Crippen molar-refractivity contribution in [1.29, 1.82) is 5.26 Å². The lowest BCUT2D eigenvalue weighted by atomic mass is 9.81. The van der Waals surface area contributed by atoms with Crippen molar-refractivity contribution in [3.63, 3.8) is 0 Å². The van der Waals surface area contributed by atoms with Gasteiger partial charge in [0.2, 0.25) is 0 Å². The normalized spacial score (nSPS) is 16.5. The van der Waals surface area contributed by atoms with E-state index in [-0.39, 0.29) is 6.61 Å². The van der Waals surface area contributed by atoms with Gasteiger partial charge in [-0.3, -0.25) is 9.59 Å². The predicted molar refractivity (Wildman–Crippen MR) is 97.1 cm³/mol. The summed E-state index contributed by atoms with van der Waals surface area (Å²) in [6.45, 7) is 1.13. The van der Waals surface area contributed by atoms with Crippen LogP contribution < -0.4 is 4.74 Å². The summed E-state index contributed by atoms with van der Waals surface area (Å²) in [6.07, 6.45) is 3.82. The van der Waals surface area contributed by atoms with E-state index in [0.717, 1.165) is 19.3 Å². The molecule has 0 aliphatic heterocycles. The van der Waals surface area contributed by atoms with Gasteiger partial charge in [0.1, 0.15) is 17.6 Å². The second-order valence-corrected chi connectivity index (χ2v) is 6.71. The van der Waals surface area contributed by atoms with Crippen molar-refractivity contribution >= 4 is 18.2 Å². The van der Waals surface area contributed by atoms with Gasteiger partial charge in [0, 0.05) is 12.6 Å². The van der Waals surface area contributed by atoms with Gasteiger partial charge in [-0.1, -0.05) is 19.3 Å². The molecule has 1 atom stereocenters. The van der Waals surface area contributed by atoms with Crippen LogP contribution in [0.2, 0.25) is 0 Å². The number of ether oxygens (including phenoxy) is 2. The molecule has 0 bridgehead atoms. The largest absolute Gasteiger partial charge is 0.482 e. The van der Waals surface area contributed by atoms with Gasteiger partial charge in [-0.25, -0.2) is 4.79 Å². The Morgan fingerprint density at radius 3 is 2.44 bits per heavy atom. The summed E-state index contributed by atoms with van der Waals surface area (Å²) >= 11 is 0. The number of hydrogen-bond donors (Lipinski definition) is 0. The van der Waals surface area contributed by atoms with Crippen LogP contribution in [0.5, 0.6) is 5.75 Å². The molecule has 7 heteroatoms. The Balaban J connectivity index is 1.87. The Kier molecular flexibility index (Phi) is 6.94. The SMILES string of the molecule is C[C@@H](OC(=O)COc1ccc(C=O)cc1)C(=O)N(C)C1(C#N)CCCCC1. The maximum atomic E-state index is 12.6. The van der Waals surface area contributed by atoms with Crippen molar-refractivity contribution in [3.8, 4) is 11.8 Å². The first kappa shape index (κ1) is 20.4. The molecular formula is C20H24N2O5. The molecule has 1 aromatic carbocycles. The molecule has 0 saturated heterocycles. The number of esters is 1. The standard InChI is InChI=1S/C20H24N2O5/c1-15(19(25)22(2)20(14-21)10-4-3-5-11-20)27-18(24)13-26-17-8-6-16(12-23)7-9-17/h6-9,12,15H,3-5,10-11,13H2,1-2H3/t15-/m1/s1. The van der Waals surface area contributed by atoms with Crippen molar-refractivity contribution in [3.05, 3.63) is 29.8 Å². The van der Waals surface area contributed by atoms with Crippen LogP contribution in [0.25, 0.3) is 0 Å². The summed E-state index contributed by atoms with van der Waals surface area (Å²) in [5, 5.41) is 9.58. The monoisotopic (exact) mass is 372 g/mol. The molecule has 1 saturated carbocycles. The van der Waals surface area contributed by atoms with Gasteiger partial charge in [0.05, 0.1) is 6.07 Å². The van der Waals surface area contributed by atoms with Gasteiger partial charge in [-0.05, 0) is 44.0 Å². The minimum Gasteiger partial charge on any atom is -0.482 e. The van der Waals surface area contributed by atoms with Crippen molar-refractivity contribution in [2.75, 3.05) is 13.7 Å². The molecule has 1 fully saturated rings. The fraction of sp³-hybridized carbons (Fsp3) is 0.500. The molecule has 0 unspecified atom stereocenters. The molecule has 0 aromatic heterocycles. The van der Waals surface area contributed by atoms with Gasteiger partial charge in [0.25, 0.3) is 5.91 Å². The van der Waals surface area contributed by atoms with Crippen molar-refractivity contribution in [1.82, 2.24) is 4.90 Å². The number of carbonyl (C=O) groups excluding carboxylic acids is 3. The zero-order valence-electron chi connectivity index (χ0n) is 15.6. The highest BCUT2D eigenvalue weighted by molar-refractivity contribution is 5.84. The molecular weight excluding hydrogens is 348 g/mol. The zero-order chi connectivity index (χ0) is 19.9. The van der Waals surface area contributed by atoms with Gasteiger partial charge < -0.3 is 14.4 Å². The maximum Gasteiger partial charge on any atom is 0.344 e. The lowest BCUT2D eigenvalue weighted by molar-refractivity contribution is -0.162. The molecule has 27 heavy (non-hydrogen) atoms. The molecule has 0 radical (unpaired) electrons. The quantitative estimate of drug-likeness (QED) is 0.539. The molecule has 1 aliphatic rings. The number of nitriles is 1. The fourth-order valence-corrected chi connectivity index (χ4v) is 3.21. The molecule has 1 amide bonds. The maximum absolute atomic E-state index is 12.6. The molecule has 0 heterocycles. The number of carbonyl (C=O) groups is 3. The molecule has 1 aliphatic carbocycles. The van der Waals surface area contributed by atoms with Crippen molar-refractivity contribution in [2.45, 2.75) is 50.7 Å². The minimum absolute atomic E-state index is 0.356. The van der Waals surface area contributed by atoms with E-state index in [1.807, 2.05) is 0 Å². The number of amides is 1. The van der Waals surface area contributed by atoms with E-state index < -0.39 is 23.5 Å². The van der Waals surface area contributed by atoms with Crippen LogP contribution in [0.4, 0.5) is 0 Å². The Labute approximate surface area is 158 Å². The average Bonchev–Trinajstić information content (AvgIpc) is 2.71. The van der Waals surface area contributed by atoms with E-state index in [4.69, 9.17) is 9.47 Å². The first-order valence-corrected chi connectivity index (χ1v) is 8.98. The summed E-state index contributed by atoms with van der Waals surface area (Å²) in [4.78, 5) is 36.6. The van der Waals surface area contributed by atoms with Gasteiger partial charge in [0.15, 0.2) is 12.7 Å². The number of aldehydes is 1. The number of likely N-dealkylation sites (N-methyl/N-ethyl adjacent to an activating group) is 1. The lowest BCUT2D eigenvalue weighted by Crippen LogP contribution is -2.53. The highest BCUT2D eigenvalue weighted by Crippen LogP contribution is 2.32. The third kappa shape index (κ3) is 5.07. The summed E-state index contributed by atoms with van der Waals surface area (Å²) in [7, 11) is 1.59. The first-order chi connectivity index (χ1) is 12.9.